The second-order valence-corrected chi connectivity index (χ2v) is 8.79. The number of nitriles is 1. The van der Waals surface area contributed by atoms with E-state index in [1.807, 2.05) is 23.1 Å². The molecule has 2 aliphatic rings. The van der Waals surface area contributed by atoms with E-state index in [-0.39, 0.29) is 18.0 Å². The molecule has 0 saturated carbocycles. The lowest BCUT2D eigenvalue weighted by atomic mass is 9.95. The van der Waals surface area contributed by atoms with E-state index in [0.717, 1.165) is 33.8 Å². The minimum Gasteiger partial charge on any atom is -0.350 e. The van der Waals surface area contributed by atoms with Crippen molar-refractivity contribution in [3.8, 4) is 6.19 Å². The number of thiazole rings is 1. The van der Waals surface area contributed by atoms with Crippen molar-refractivity contribution < 1.29 is 4.79 Å². The van der Waals surface area contributed by atoms with Crippen LogP contribution in [0.25, 0.3) is 10.2 Å². The summed E-state index contributed by atoms with van der Waals surface area (Å²) in [5.74, 6) is 0.348. The van der Waals surface area contributed by atoms with Crippen LogP contribution in [0, 0.1) is 11.5 Å². The van der Waals surface area contributed by atoms with Crippen LogP contribution in [0.4, 0.5) is 0 Å². The maximum atomic E-state index is 12.2. The highest BCUT2D eigenvalue weighted by Gasteiger charge is 2.46. The number of carbonyl (C=O) groups excluding carboxylic acids is 1. The Morgan fingerprint density at radius 3 is 3.21 bits per heavy atom. The largest absolute Gasteiger partial charge is 0.350 e. The molecule has 1 amide bonds. The third kappa shape index (κ3) is 2.94. The molecule has 0 radical (unpaired) electrons. The number of nitrogens with zero attached hydrogens (tertiary/aromatic N) is 3. The van der Waals surface area contributed by atoms with Crippen molar-refractivity contribution in [2.45, 2.75) is 41.7 Å². The zero-order valence-electron chi connectivity index (χ0n) is 12.7. The van der Waals surface area contributed by atoms with E-state index >= 15 is 0 Å². The summed E-state index contributed by atoms with van der Waals surface area (Å²) in [6, 6.07) is 6.23. The average Bonchev–Trinajstić information content (AvgIpc) is 3.23. The SMILES string of the molecule is N#CN1C2CCC1C(NC(=O)CSc1nc3cc(Cl)ccc3s1)C2. The van der Waals surface area contributed by atoms with E-state index in [2.05, 4.69) is 16.5 Å². The van der Waals surface area contributed by atoms with Crippen LogP contribution in [0.1, 0.15) is 19.3 Å². The van der Waals surface area contributed by atoms with Crippen molar-refractivity contribution in [2.75, 3.05) is 5.75 Å². The van der Waals surface area contributed by atoms with E-state index in [0.29, 0.717) is 16.8 Å². The lowest BCUT2D eigenvalue weighted by Crippen LogP contribution is -2.43. The number of fused-ring (bicyclic) bond motifs is 3. The predicted molar refractivity (Wildman–Crippen MR) is 96.2 cm³/mol. The minimum absolute atomic E-state index is 0.00716. The van der Waals surface area contributed by atoms with Gasteiger partial charge in [-0.15, -0.1) is 11.3 Å². The predicted octanol–water partition coefficient (Wildman–Crippen LogP) is 3.24. The Bertz CT molecular complexity index is 833. The standard InChI is InChI=1S/C16H15ClN4OS2/c17-9-1-4-14-12(5-9)20-16(24-14)23-7-15(22)19-11-6-10-2-3-13(11)21(10)8-18/h1,4-5,10-11,13H,2-3,6-7H2,(H,19,22). The van der Waals surface area contributed by atoms with Crippen LogP contribution in [-0.2, 0) is 4.79 Å². The van der Waals surface area contributed by atoms with Gasteiger partial charge in [-0.1, -0.05) is 23.4 Å². The number of thioether (sulfide) groups is 1. The minimum atomic E-state index is 0.00716. The molecule has 1 aromatic heterocycles. The van der Waals surface area contributed by atoms with Gasteiger partial charge in [-0.2, -0.15) is 5.26 Å². The van der Waals surface area contributed by atoms with Crippen molar-refractivity contribution in [3.05, 3.63) is 23.2 Å². The molecular formula is C16H15ClN4OS2. The number of amides is 1. The van der Waals surface area contributed by atoms with Crippen LogP contribution < -0.4 is 5.32 Å². The van der Waals surface area contributed by atoms with Crippen LogP contribution in [0.15, 0.2) is 22.5 Å². The number of hydrogen-bond acceptors (Lipinski definition) is 6. The van der Waals surface area contributed by atoms with Crippen LogP contribution >= 0.6 is 34.7 Å². The molecular weight excluding hydrogens is 364 g/mol. The summed E-state index contributed by atoms with van der Waals surface area (Å²) < 4.78 is 1.94. The van der Waals surface area contributed by atoms with Gasteiger partial charge in [-0.25, -0.2) is 4.98 Å². The monoisotopic (exact) mass is 378 g/mol. The van der Waals surface area contributed by atoms with Crippen molar-refractivity contribution >= 4 is 50.8 Å². The van der Waals surface area contributed by atoms with E-state index in [9.17, 15) is 10.1 Å². The fourth-order valence-corrected chi connectivity index (χ4v) is 5.64. The highest BCUT2D eigenvalue weighted by atomic mass is 35.5. The van der Waals surface area contributed by atoms with Crippen molar-refractivity contribution in [2.24, 2.45) is 0 Å². The molecule has 0 spiro atoms. The first kappa shape index (κ1) is 16.0. The molecule has 3 heterocycles. The van der Waals surface area contributed by atoms with Gasteiger partial charge in [-0.05, 0) is 37.5 Å². The van der Waals surface area contributed by atoms with E-state index in [1.165, 1.54) is 11.8 Å². The van der Waals surface area contributed by atoms with Crippen molar-refractivity contribution in [3.63, 3.8) is 0 Å². The number of halogens is 1. The molecule has 2 bridgehead atoms. The Morgan fingerprint density at radius 2 is 2.42 bits per heavy atom. The van der Waals surface area contributed by atoms with Crippen LogP contribution in [-0.4, -0.2) is 39.7 Å². The van der Waals surface area contributed by atoms with E-state index in [1.54, 1.807) is 11.3 Å². The smallest absolute Gasteiger partial charge is 0.230 e. The first-order chi connectivity index (χ1) is 11.6. The summed E-state index contributed by atoms with van der Waals surface area (Å²) >= 11 is 8.98. The van der Waals surface area contributed by atoms with Gasteiger partial charge in [-0.3, -0.25) is 4.79 Å². The number of carbonyl (C=O) groups is 1. The zero-order chi connectivity index (χ0) is 16.7. The molecule has 2 fully saturated rings. The summed E-state index contributed by atoms with van der Waals surface area (Å²) in [4.78, 5) is 18.6. The Hall–Kier alpha value is -1.49. The van der Waals surface area contributed by atoms with Gasteiger partial charge in [0.25, 0.3) is 0 Å². The molecule has 24 heavy (non-hydrogen) atoms. The van der Waals surface area contributed by atoms with Crippen LogP contribution in [0.3, 0.4) is 0 Å². The number of nitrogens with one attached hydrogen (secondary N) is 1. The van der Waals surface area contributed by atoms with E-state index < -0.39 is 0 Å². The fraction of sp³-hybridized carbons (Fsp3) is 0.438. The van der Waals surface area contributed by atoms with Gasteiger partial charge >= 0.3 is 0 Å². The molecule has 124 valence electrons. The number of aromatic nitrogens is 1. The molecule has 2 aromatic rings. The zero-order valence-corrected chi connectivity index (χ0v) is 15.1. The van der Waals surface area contributed by atoms with Gasteiger partial charge in [0.1, 0.15) is 0 Å². The van der Waals surface area contributed by atoms with Gasteiger partial charge in [0.15, 0.2) is 10.5 Å². The fourth-order valence-electron chi connectivity index (χ4n) is 3.62. The number of benzene rings is 1. The quantitative estimate of drug-likeness (QED) is 0.653. The summed E-state index contributed by atoms with van der Waals surface area (Å²) in [5.41, 5.74) is 0.869. The topological polar surface area (TPSA) is 69.0 Å². The summed E-state index contributed by atoms with van der Waals surface area (Å²) in [7, 11) is 0. The van der Waals surface area contributed by atoms with Crippen LogP contribution in [0.2, 0.25) is 5.02 Å². The molecule has 0 aliphatic carbocycles. The molecule has 2 aliphatic heterocycles. The van der Waals surface area contributed by atoms with Crippen LogP contribution in [0.5, 0.6) is 0 Å². The molecule has 1 N–H and O–H groups in total. The number of hydrogen-bond donors (Lipinski definition) is 1. The van der Waals surface area contributed by atoms with Gasteiger partial charge in [0.2, 0.25) is 5.91 Å². The Balaban J connectivity index is 1.34. The highest BCUT2D eigenvalue weighted by molar-refractivity contribution is 8.01. The summed E-state index contributed by atoms with van der Waals surface area (Å²) in [5, 5.41) is 12.9. The first-order valence-electron chi connectivity index (χ1n) is 7.80. The molecule has 5 nitrogen and oxygen atoms in total. The summed E-state index contributed by atoms with van der Waals surface area (Å²) in [6.45, 7) is 0. The van der Waals surface area contributed by atoms with E-state index in [4.69, 9.17) is 11.6 Å². The van der Waals surface area contributed by atoms with Crippen molar-refractivity contribution in [1.82, 2.24) is 15.2 Å². The highest BCUT2D eigenvalue weighted by Crippen LogP contribution is 2.37. The second-order valence-electron chi connectivity index (χ2n) is 6.10. The molecule has 8 heteroatoms. The maximum Gasteiger partial charge on any atom is 0.230 e. The Morgan fingerprint density at radius 1 is 1.54 bits per heavy atom. The van der Waals surface area contributed by atoms with Gasteiger partial charge in [0, 0.05) is 11.1 Å². The maximum absolute atomic E-state index is 12.2. The lowest BCUT2D eigenvalue weighted by molar-refractivity contribution is -0.119. The van der Waals surface area contributed by atoms with Gasteiger partial charge in [0.05, 0.1) is 28.1 Å². The normalized spacial score (nSPS) is 25.2. The summed E-state index contributed by atoms with van der Waals surface area (Å²) in [6.07, 6.45) is 5.21. The molecule has 2 saturated heterocycles. The molecule has 1 aromatic carbocycles. The Kier molecular flexibility index (Phi) is 4.29. The van der Waals surface area contributed by atoms with Crippen molar-refractivity contribution in [1.29, 1.82) is 5.26 Å². The second kappa shape index (κ2) is 6.43. The van der Waals surface area contributed by atoms with Gasteiger partial charge < -0.3 is 10.2 Å². The third-order valence-electron chi connectivity index (χ3n) is 4.66. The number of rotatable bonds is 4. The first-order valence-corrected chi connectivity index (χ1v) is 9.98. The average molecular weight is 379 g/mol. The molecule has 4 rings (SSSR count). The molecule has 3 unspecified atom stereocenters. The Labute approximate surface area is 153 Å². The lowest BCUT2D eigenvalue weighted by Gasteiger charge is -2.21. The molecule has 3 atom stereocenters. The third-order valence-corrected chi connectivity index (χ3v) is 7.07.